The van der Waals surface area contributed by atoms with Crippen molar-refractivity contribution in [1.29, 1.82) is 0 Å². The molecule has 0 aliphatic carbocycles. The van der Waals surface area contributed by atoms with Gasteiger partial charge in [0.15, 0.2) is 0 Å². The van der Waals surface area contributed by atoms with Crippen LogP contribution in [0.15, 0.2) is 12.4 Å². The van der Waals surface area contributed by atoms with Crippen LogP contribution in [0.5, 0.6) is 0 Å². The maximum atomic E-state index is 4.40. The smallest absolute Gasteiger partial charge is 0.205 e. The maximum absolute atomic E-state index is 4.40. The molecule has 0 spiro atoms. The van der Waals surface area contributed by atoms with Gasteiger partial charge in [0, 0.05) is 38.6 Å². The van der Waals surface area contributed by atoms with Crippen molar-refractivity contribution in [1.82, 2.24) is 14.9 Å². The zero-order valence-corrected chi connectivity index (χ0v) is 10.3. The van der Waals surface area contributed by atoms with Crippen LogP contribution < -0.4 is 10.2 Å². The maximum Gasteiger partial charge on any atom is 0.205 e. The number of imidazole rings is 1. The number of aromatic nitrogens is 2. The number of hydrogen-bond acceptors (Lipinski definition) is 3. The Morgan fingerprint density at radius 2 is 2.19 bits per heavy atom. The van der Waals surface area contributed by atoms with Gasteiger partial charge in [0.2, 0.25) is 5.95 Å². The molecule has 90 valence electrons. The first kappa shape index (κ1) is 11.5. The van der Waals surface area contributed by atoms with E-state index in [2.05, 4.69) is 33.7 Å². The number of nitrogens with one attached hydrogen (secondary N) is 1. The first-order valence-corrected chi connectivity index (χ1v) is 6.27. The molecule has 0 radical (unpaired) electrons. The summed E-state index contributed by atoms with van der Waals surface area (Å²) in [6, 6.07) is 0.705. The number of nitrogens with zero attached hydrogens (tertiary/aromatic N) is 3. The number of hydrogen-bond donors (Lipinski definition) is 1. The van der Waals surface area contributed by atoms with Crippen LogP contribution in [-0.2, 0) is 7.05 Å². The van der Waals surface area contributed by atoms with Crippen molar-refractivity contribution in [2.45, 2.75) is 32.2 Å². The van der Waals surface area contributed by atoms with Crippen molar-refractivity contribution in [3.8, 4) is 0 Å². The van der Waals surface area contributed by atoms with Gasteiger partial charge in [-0.2, -0.15) is 0 Å². The lowest BCUT2D eigenvalue weighted by Crippen LogP contribution is -2.43. The van der Waals surface area contributed by atoms with Gasteiger partial charge in [0.05, 0.1) is 0 Å². The van der Waals surface area contributed by atoms with Crippen LogP contribution in [0.4, 0.5) is 5.95 Å². The summed E-state index contributed by atoms with van der Waals surface area (Å²) in [7, 11) is 2.06. The Balaban J connectivity index is 1.83. The summed E-state index contributed by atoms with van der Waals surface area (Å²) in [6.07, 6.45) is 7.56. The van der Waals surface area contributed by atoms with Gasteiger partial charge in [-0.25, -0.2) is 4.98 Å². The van der Waals surface area contributed by atoms with Gasteiger partial charge in [0.25, 0.3) is 0 Å². The minimum Gasteiger partial charge on any atom is -0.342 e. The molecule has 1 aromatic heterocycles. The highest BCUT2D eigenvalue weighted by Crippen LogP contribution is 2.17. The van der Waals surface area contributed by atoms with E-state index in [0.29, 0.717) is 6.04 Å². The predicted octanol–water partition coefficient (Wildman–Crippen LogP) is 1.39. The number of aryl methyl sites for hydroxylation is 1. The van der Waals surface area contributed by atoms with E-state index in [1.807, 2.05) is 12.4 Å². The van der Waals surface area contributed by atoms with Crippen molar-refractivity contribution in [2.75, 3.05) is 24.5 Å². The van der Waals surface area contributed by atoms with Crippen molar-refractivity contribution in [2.24, 2.45) is 7.05 Å². The summed E-state index contributed by atoms with van der Waals surface area (Å²) in [4.78, 5) is 6.77. The zero-order chi connectivity index (χ0) is 11.4. The molecule has 1 aliphatic rings. The quantitative estimate of drug-likeness (QED) is 0.835. The van der Waals surface area contributed by atoms with Crippen molar-refractivity contribution >= 4 is 5.95 Å². The first-order chi connectivity index (χ1) is 7.81. The topological polar surface area (TPSA) is 33.1 Å². The highest BCUT2D eigenvalue weighted by molar-refractivity contribution is 5.31. The Kier molecular flexibility index (Phi) is 3.83. The molecule has 1 fully saturated rings. The third-order valence-electron chi connectivity index (χ3n) is 3.26. The molecule has 0 bridgehead atoms. The predicted molar refractivity (Wildman–Crippen MR) is 66.7 cm³/mol. The number of anilines is 1. The summed E-state index contributed by atoms with van der Waals surface area (Å²) >= 11 is 0. The molecule has 0 amide bonds. The molecule has 4 nitrogen and oxygen atoms in total. The van der Waals surface area contributed by atoms with Gasteiger partial charge in [-0.3, -0.25) is 0 Å². The zero-order valence-electron chi connectivity index (χ0n) is 10.3. The van der Waals surface area contributed by atoms with E-state index in [4.69, 9.17) is 0 Å². The molecular formula is C12H22N4. The molecule has 2 rings (SSSR count). The molecule has 2 heterocycles. The molecule has 16 heavy (non-hydrogen) atoms. The van der Waals surface area contributed by atoms with E-state index >= 15 is 0 Å². The summed E-state index contributed by atoms with van der Waals surface area (Å²) in [5, 5.41) is 3.60. The largest absolute Gasteiger partial charge is 0.342 e. The second-order valence-electron chi connectivity index (χ2n) is 4.55. The van der Waals surface area contributed by atoms with Crippen molar-refractivity contribution in [3.63, 3.8) is 0 Å². The van der Waals surface area contributed by atoms with Crippen molar-refractivity contribution in [3.05, 3.63) is 12.4 Å². The van der Waals surface area contributed by atoms with Crippen LogP contribution >= 0.6 is 0 Å². The fraction of sp³-hybridized carbons (Fsp3) is 0.750. The van der Waals surface area contributed by atoms with Gasteiger partial charge in [-0.05, 0) is 25.8 Å². The number of piperidine rings is 1. The standard InChI is InChI=1S/C12H22N4/c1-3-6-13-11-4-8-16(9-5-11)12-14-7-10-15(12)2/h7,10-11,13H,3-6,8-9H2,1-2H3. The Morgan fingerprint density at radius 3 is 2.75 bits per heavy atom. The molecule has 1 N–H and O–H groups in total. The highest BCUT2D eigenvalue weighted by Gasteiger charge is 2.20. The van der Waals surface area contributed by atoms with Crippen LogP contribution in [0.2, 0.25) is 0 Å². The van der Waals surface area contributed by atoms with E-state index in [9.17, 15) is 0 Å². The third kappa shape index (κ3) is 2.55. The monoisotopic (exact) mass is 222 g/mol. The van der Waals surface area contributed by atoms with Gasteiger partial charge < -0.3 is 14.8 Å². The second kappa shape index (κ2) is 5.34. The summed E-state index contributed by atoms with van der Waals surface area (Å²) in [5.41, 5.74) is 0. The van der Waals surface area contributed by atoms with Crippen molar-refractivity contribution < 1.29 is 0 Å². The van der Waals surface area contributed by atoms with Gasteiger partial charge in [0.1, 0.15) is 0 Å². The molecule has 0 saturated carbocycles. The first-order valence-electron chi connectivity index (χ1n) is 6.27. The molecular weight excluding hydrogens is 200 g/mol. The third-order valence-corrected chi connectivity index (χ3v) is 3.26. The van der Waals surface area contributed by atoms with Gasteiger partial charge in [-0.15, -0.1) is 0 Å². The summed E-state index contributed by atoms with van der Waals surface area (Å²) in [6.45, 7) is 5.60. The molecule has 0 atom stereocenters. The second-order valence-corrected chi connectivity index (χ2v) is 4.55. The Hall–Kier alpha value is -1.03. The molecule has 1 aromatic rings. The molecule has 4 heteroatoms. The SMILES string of the molecule is CCCNC1CCN(c2nccn2C)CC1. The lowest BCUT2D eigenvalue weighted by molar-refractivity contribution is 0.412. The lowest BCUT2D eigenvalue weighted by atomic mass is 10.1. The van der Waals surface area contributed by atoms with E-state index in [-0.39, 0.29) is 0 Å². The Bertz CT molecular complexity index is 313. The molecule has 1 aliphatic heterocycles. The van der Waals surface area contributed by atoms with E-state index in [1.165, 1.54) is 19.3 Å². The Morgan fingerprint density at radius 1 is 1.44 bits per heavy atom. The minimum absolute atomic E-state index is 0.705. The van der Waals surface area contributed by atoms with E-state index < -0.39 is 0 Å². The minimum atomic E-state index is 0.705. The van der Waals surface area contributed by atoms with Crippen LogP contribution in [0.1, 0.15) is 26.2 Å². The Labute approximate surface area is 97.7 Å². The lowest BCUT2D eigenvalue weighted by Gasteiger charge is -2.33. The van der Waals surface area contributed by atoms with E-state index in [1.54, 1.807) is 0 Å². The van der Waals surface area contributed by atoms with Crippen LogP contribution in [0.25, 0.3) is 0 Å². The molecule has 0 unspecified atom stereocenters. The fourth-order valence-electron chi connectivity index (χ4n) is 2.29. The summed E-state index contributed by atoms with van der Waals surface area (Å²) in [5.74, 6) is 1.11. The summed E-state index contributed by atoms with van der Waals surface area (Å²) < 4.78 is 2.10. The van der Waals surface area contributed by atoms with Gasteiger partial charge in [-0.1, -0.05) is 6.92 Å². The average molecular weight is 222 g/mol. The highest BCUT2D eigenvalue weighted by atomic mass is 15.3. The van der Waals surface area contributed by atoms with Gasteiger partial charge >= 0.3 is 0 Å². The van der Waals surface area contributed by atoms with E-state index in [0.717, 1.165) is 25.6 Å². The average Bonchev–Trinajstić information content (AvgIpc) is 2.74. The van der Waals surface area contributed by atoms with Crippen LogP contribution in [0.3, 0.4) is 0 Å². The molecule has 0 aromatic carbocycles. The van der Waals surface area contributed by atoms with Crippen LogP contribution in [-0.4, -0.2) is 35.2 Å². The molecule has 1 saturated heterocycles. The fourth-order valence-corrected chi connectivity index (χ4v) is 2.29. The van der Waals surface area contributed by atoms with Crippen LogP contribution in [0, 0.1) is 0 Å². The number of rotatable bonds is 4. The normalized spacial score (nSPS) is 18.0.